The Kier molecular flexibility index (Phi) is 22.2. The van der Waals surface area contributed by atoms with Crippen LogP contribution < -0.4 is 15.3 Å². The molecule has 0 aromatic heterocycles. The Morgan fingerprint density at radius 3 is 0.737 bits per heavy atom. The molecule has 0 bridgehead atoms. The Hall–Kier alpha value is -0.437. The van der Waals surface area contributed by atoms with Gasteiger partial charge in [-0.25, -0.2) is 0 Å². The molecule has 1 radical (unpaired) electrons. The van der Waals surface area contributed by atoms with Gasteiger partial charge in [0.1, 0.15) is 0 Å². The normalized spacial score (nSPS) is 12.9. The van der Waals surface area contributed by atoms with Crippen molar-refractivity contribution in [3.05, 3.63) is 0 Å². The molecule has 0 aromatic rings. The monoisotopic (exact) mass is 431 g/mol. The van der Waals surface area contributed by atoms with Crippen LogP contribution in [0.15, 0.2) is 0 Å². The summed E-state index contributed by atoms with van der Waals surface area (Å²) in [6.07, 6.45) is -4.03. The number of carbonyl (C=O) groups excluding carboxylic acids is 3. The molecule has 0 saturated heterocycles. The van der Waals surface area contributed by atoms with Gasteiger partial charge in [0.2, 0.25) is 0 Å². The number of aliphatic hydroxyl groups excluding tert-OH is 3. The molecule has 0 aliphatic rings. The number of carbonyl (C=O) groups is 3. The SMILES string of the molecule is CC(O)C(=O)[O-].CC(O)C(=O)[O-].CC(O)C(=O)[O-].[Dy+3]. The molecular formula is C9H15DyO9. The summed E-state index contributed by atoms with van der Waals surface area (Å²) >= 11 is 0. The van der Waals surface area contributed by atoms with Crippen molar-refractivity contribution < 1.29 is 83.2 Å². The van der Waals surface area contributed by atoms with Crippen molar-refractivity contribution in [2.45, 2.75) is 39.1 Å². The first-order valence-electron chi connectivity index (χ1n) is 4.60. The van der Waals surface area contributed by atoms with E-state index in [1.54, 1.807) is 0 Å². The van der Waals surface area contributed by atoms with Crippen molar-refractivity contribution in [2.24, 2.45) is 0 Å². The predicted molar refractivity (Wildman–Crippen MR) is 50.1 cm³/mol. The van der Waals surface area contributed by atoms with Crippen LogP contribution in [-0.4, -0.2) is 51.5 Å². The molecule has 0 aliphatic heterocycles. The van der Waals surface area contributed by atoms with Gasteiger partial charge in [-0.3, -0.25) is 0 Å². The molecule has 0 saturated carbocycles. The van der Waals surface area contributed by atoms with Gasteiger partial charge in [0, 0.05) is 0 Å². The number of carboxylic acid groups (broad SMARTS) is 3. The van der Waals surface area contributed by atoms with Gasteiger partial charge in [-0.2, -0.15) is 0 Å². The molecule has 3 N–H and O–H groups in total. The summed E-state index contributed by atoms with van der Waals surface area (Å²) in [5.41, 5.74) is 0. The maximum atomic E-state index is 9.34. The molecule has 3 atom stereocenters. The minimum atomic E-state index is -1.44. The van der Waals surface area contributed by atoms with E-state index in [9.17, 15) is 29.7 Å². The van der Waals surface area contributed by atoms with E-state index in [4.69, 9.17) is 15.3 Å². The molecule has 115 valence electrons. The fraction of sp³-hybridized carbons (Fsp3) is 0.667. The van der Waals surface area contributed by atoms with Gasteiger partial charge in [-0.15, -0.1) is 0 Å². The zero-order valence-corrected chi connectivity index (χ0v) is 12.4. The van der Waals surface area contributed by atoms with Crippen LogP contribution in [0.4, 0.5) is 0 Å². The number of hydrogen-bond acceptors (Lipinski definition) is 9. The molecule has 0 amide bonds. The molecule has 0 aromatic carbocycles. The molecular weight excluding hydrogens is 415 g/mol. The molecule has 9 nitrogen and oxygen atoms in total. The third-order valence-electron chi connectivity index (χ3n) is 1.02. The van der Waals surface area contributed by atoms with E-state index in [2.05, 4.69) is 0 Å². The van der Waals surface area contributed by atoms with Crippen LogP contribution in [0.5, 0.6) is 0 Å². The molecule has 10 heteroatoms. The summed E-state index contributed by atoms with van der Waals surface area (Å²) in [6, 6.07) is 0. The number of carboxylic acids is 3. The van der Waals surface area contributed by atoms with Gasteiger partial charge in [0.25, 0.3) is 0 Å². The van der Waals surface area contributed by atoms with Gasteiger partial charge in [0.15, 0.2) is 0 Å². The fourth-order valence-electron chi connectivity index (χ4n) is 0. The summed E-state index contributed by atoms with van der Waals surface area (Å²) < 4.78 is 0. The largest absolute Gasteiger partial charge is 3.00 e. The van der Waals surface area contributed by atoms with E-state index < -0.39 is 36.2 Å². The Morgan fingerprint density at radius 2 is 0.737 bits per heavy atom. The van der Waals surface area contributed by atoms with E-state index in [1.165, 1.54) is 0 Å². The molecule has 0 spiro atoms. The molecule has 0 fully saturated rings. The van der Waals surface area contributed by atoms with Crippen LogP contribution in [0.1, 0.15) is 20.8 Å². The van der Waals surface area contributed by atoms with Gasteiger partial charge in [0.05, 0.1) is 36.2 Å². The van der Waals surface area contributed by atoms with Crippen LogP contribution in [0.25, 0.3) is 0 Å². The topological polar surface area (TPSA) is 181 Å². The van der Waals surface area contributed by atoms with Crippen molar-refractivity contribution in [3.63, 3.8) is 0 Å². The minimum absolute atomic E-state index is 0. The van der Waals surface area contributed by atoms with Crippen molar-refractivity contribution in [1.82, 2.24) is 0 Å². The van der Waals surface area contributed by atoms with Gasteiger partial charge < -0.3 is 45.0 Å². The van der Waals surface area contributed by atoms with E-state index in [-0.39, 0.29) is 38.2 Å². The second-order valence-electron chi connectivity index (χ2n) is 2.99. The van der Waals surface area contributed by atoms with Crippen LogP contribution >= 0.6 is 0 Å². The first-order chi connectivity index (χ1) is 7.93. The number of hydrogen-bond donors (Lipinski definition) is 3. The summed E-state index contributed by atoms with van der Waals surface area (Å²) in [5, 5.41) is 51.9. The van der Waals surface area contributed by atoms with Crippen molar-refractivity contribution in [3.8, 4) is 0 Å². The number of aliphatic hydroxyl groups is 3. The van der Waals surface area contributed by atoms with E-state index in [1.807, 2.05) is 0 Å². The van der Waals surface area contributed by atoms with Crippen LogP contribution in [0.2, 0.25) is 0 Å². The maximum Gasteiger partial charge on any atom is 3.00 e. The Balaban J connectivity index is -0.0000000865. The number of aliphatic carboxylic acids is 3. The molecule has 0 heterocycles. The fourth-order valence-corrected chi connectivity index (χ4v) is 0. The Labute approximate surface area is 139 Å². The van der Waals surface area contributed by atoms with Gasteiger partial charge in [-0.1, -0.05) is 0 Å². The molecule has 0 aliphatic carbocycles. The second-order valence-corrected chi connectivity index (χ2v) is 2.99. The van der Waals surface area contributed by atoms with Crippen LogP contribution in [0, 0.1) is 38.2 Å². The first kappa shape index (κ1) is 27.0. The van der Waals surface area contributed by atoms with Crippen molar-refractivity contribution in [2.75, 3.05) is 0 Å². The summed E-state index contributed by atoms with van der Waals surface area (Å²) in [5.74, 6) is -4.31. The molecule has 19 heavy (non-hydrogen) atoms. The van der Waals surface area contributed by atoms with E-state index in [0.717, 1.165) is 20.8 Å². The van der Waals surface area contributed by atoms with E-state index >= 15 is 0 Å². The van der Waals surface area contributed by atoms with E-state index in [0.29, 0.717) is 0 Å². The smallest absolute Gasteiger partial charge is 0.547 e. The predicted octanol–water partition coefficient (Wildman–Crippen LogP) is -5.65. The molecule has 0 rings (SSSR count). The number of rotatable bonds is 3. The molecule has 3 unspecified atom stereocenters. The van der Waals surface area contributed by atoms with Gasteiger partial charge >= 0.3 is 38.2 Å². The Bertz CT molecular complexity index is 220. The van der Waals surface area contributed by atoms with Crippen LogP contribution in [-0.2, 0) is 14.4 Å². The zero-order valence-electron chi connectivity index (χ0n) is 10.3. The van der Waals surface area contributed by atoms with Crippen molar-refractivity contribution in [1.29, 1.82) is 0 Å². The first-order valence-corrected chi connectivity index (χ1v) is 4.60. The third kappa shape index (κ3) is 31.8. The average molecular weight is 430 g/mol. The summed E-state index contributed by atoms with van der Waals surface area (Å²) in [4.78, 5) is 28.0. The van der Waals surface area contributed by atoms with Crippen molar-refractivity contribution >= 4 is 17.9 Å². The third-order valence-corrected chi connectivity index (χ3v) is 1.02. The average Bonchev–Trinajstić information content (AvgIpc) is 2.18. The second kappa shape index (κ2) is 15.6. The van der Waals surface area contributed by atoms with Crippen LogP contribution in [0.3, 0.4) is 0 Å². The Morgan fingerprint density at radius 1 is 0.684 bits per heavy atom. The standard InChI is InChI=1S/3C3H6O3.Dy/c3*1-2(4)3(5)6;/h3*2,4H,1H3,(H,5,6);/q;;;+3/p-3. The summed E-state index contributed by atoms with van der Waals surface area (Å²) in [6.45, 7) is 3.40. The quantitative estimate of drug-likeness (QED) is 0.394. The summed E-state index contributed by atoms with van der Waals surface area (Å²) in [7, 11) is 0. The maximum absolute atomic E-state index is 9.34. The zero-order chi connectivity index (χ0) is 15.5. The minimum Gasteiger partial charge on any atom is -0.547 e. The van der Waals surface area contributed by atoms with Gasteiger partial charge in [-0.05, 0) is 20.8 Å².